The number of hydrogen-bond acceptors (Lipinski definition) is 4. The fraction of sp³-hybridized carbons (Fsp3) is 0.632. The van der Waals surface area contributed by atoms with Crippen LogP contribution < -0.4 is 10.1 Å². The quantitative estimate of drug-likeness (QED) is 0.870. The number of benzene rings is 1. The van der Waals surface area contributed by atoms with Gasteiger partial charge in [0.05, 0.1) is 13.2 Å². The standard InChI is InChI=1S/C19H28N2O3/c1-19(2)17(15-9-11-24-18(15)19)21(3)10-8-16(22)20-13-6-5-7-14(12-13)23-4/h5-7,12,15,17-18H,8-11H2,1-4H3,(H,20,22)/t15-,17-,18-/m1/s1. The van der Waals surface area contributed by atoms with Crippen LogP contribution in [-0.4, -0.2) is 50.3 Å². The molecule has 2 fully saturated rings. The number of carbonyl (C=O) groups excluding carboxylic acids is 1. The Balaban J connectivity index is 1.51. The van der Waals surface area contributed by atoms with Gasteiger partial charge in [0.15, 0.2) is 0 Å². The lowest BCUT2D eigenvalue weighted by molar-refractivity contribution is -0.150. The second kappa shape index (κ2) is 6.73. The summed E-state index contributed by atoms with van der Waals surface area (Å²) in [5.41, 5.74) is 0.939. The molecule has 0 radical (unpaired) electrons. The fourth-order valence-corrected chi connectivity index (χ4v) is 4.53. The summed E-state index contributed by atoms with van der Waals surface area (Å²) < 4.78 is 11.0. The average Bonchev–Trinajstić information content (AvgIpc) is 2.99. The largest absolute Gasteiger partial charge is 0.497 e. The second-order valence-electron chi connectivity index (χ2n) is 7.52. The van der Waals surface area contributed by atoms with Gasteiger partial charge in [0, 0.05) is 48.7 Å². The van der Waals surface area contributed by atoms with Crippen LogP contribution in [0.3, 0.4) is 0 Å². The van der Waals surface area contributed by atoms with Crippen molar-refractivity contribution in [1.82, 2.24) is 4.90 Å². The van der Waals surface area contributed by atoms with Crippen molar-refractivity contribution in [3.05, 3.63) is 24.3 Å². The van der Waals surface area contributed by atoms with Crippen LogP contribution in [0.2, 0.25) is 0 Å². The number of carbonyl (C=O) groups is 1. The Labute approximate surface area is 144 Å². The Kier molecular flexibility index (Phi) is 4.83. The van der Waals surface area contributed by atoms with Crippen LogP contribution in [0.25, 0.3) is 0 Å². The molecule has 0 spiro atoms. The molecule has 1 aliphatic heterocycles. The lowest BCUT2D eigenvalue weighted by Gasteiger charge is -2.58. The molecule has 1 saturated carbocycles. The Bertz CT molecular complexity index is 602. The van der Waals surface area contributed by atoms with E-state index in [0.717, 1.165) is 31.0 Å². The van der Waals surface area contributed by atoms with Crippen molar-refractivity contribution in [2.75, 3.05) is 32.6 Å². The Morgan fingerprint density at radius 1 is 1.46 bits per heavy atom. The lowest BCUT2D eigenvalue weighted by Crippen LogP contribution is -2.66. The highest BCUT2D eigenvalue weighted by molar-refractivity contribution is 5.91. The monoisotopic (exact) mass is 332 g/mol. The van der Waals surface area contributed by atoms with Gasteiger partial charge in [0.1, 0.15) is 5.75 Å². The highest BCUT2D eigenvalue weighted by Gasteiger charge is 2.60. The van der Waals surface area contributed by atoms with Crippen LogP contribution in [0.15, 0.2) is 24.3 Å². The Hall–Kier alpha value is -1.59. The average molecular weight is 332 g/mol. The van der Waals surface area contributed by atoms with E-state index >= 15 is 0 Å². The Morgan fingerprint density at radius 2 is 2.25 bits per heavy atom. The van der Waals surface area contributed by atoms with Gasteiger partial charge in [-0.25, -0.2) is 0 Å². The van der Waals surface area contributed by atoms with Crippen molar-refractivity contribution in [1.29, 1.82) is 0 Å². The van der Waals surface area contributed by atoms with Crippen molar-refractivity contribution in [2.24, 2.45) is 11.3 Å². The molecule has 1 aromatic rings. The minimum absolute atomic E-state index is 0.0338. The summed E-state index contributed by atoms with van der Waals surface area (Å²) in [5, 5.41) is 2.94. The topological polar surface area (TPSA) is 50.8 Å². The van der Waals surface area contributed by atoms with Crippen LogP contribution in [0.4, 0.5) is 5.69 Å². The lowest BCUT2D eigenvalue weighted by atomic mass is 9.57. The molecular weight excluding hydrogens is 304 g/mol. The molecule has 1 N–H and O–H groups in total. The number of hydrogen-bond donors (Lipinski definition) is 1. The third-order valence-electron chi connectivity index (χ3n) is 5.56. The number of anilines is 1. The van der Waals surface area contributed by atoms with E-state index in [-0.39, 0.29) is 11.3 Å². The number of ether oxygens (including phenoxy) is 2. The van der Waals surface area contributed by atoms with Gasteiger partial charge in [-0.15, -0.1) is 0 Å². The van der Waals surface area contributed by atoms with E-state index in [1.807, 2.05) is 24.3 Å². The zero-order valence-corrected chi connectivity index (χ0v) is 15.0. The van der Waals surface area contributed by atoms with Crippen molar-refractivity contribution in [3.8, 4) is 5.75 Å². The van der Waals surface area contributed by atoms with Gasteiger partial charge in [-0.2, -0.15) is 0 Å². The van der Waals surface area contributed by atoms with Gasteiger partial charge in [-0.05, 0) is 25.6 Å². The molecule has 132 valence electrons. The maximum absolute atomic E-state index is 12.2. The Morgan fingerprint density at radius 3 is 3.00 bits per heavy atom. The molecule has 3 rings (SSSR count). The van der Waals surface area contributed by atoms with Crippen LogP contribution >= 0.6 is 0 Å². The first kappa shape index (κ1) is 17.2. The van der Waals surface area contributed by atoms with Gasteiger partial charge in [-0.3, -0.25) is 4.79 Å². The number of methoxy groups -OCH3 is 1. The summed E-state index contributed by atoms with van der Waals surface area (Å²) in [6.45, 7) is 6.18. The third-order valence-corrected chi connectivity index (χ3v) is 5.56. The summed E-state index contributed by atoms with van der Waals surface area (Å²) >= 11 is 0. The van der Waals surface area contributed by atoms with Crippen LogP contribution in [-0.2, 0) is 9.53 Å². The molecule has 1 saturated heterocycles. The molecule has 3 atom stereocenters. The van der Waals surface area contributed by atoms with Crippen LogP contribution in [0.1, 0.15) is 26.7 Å². The smallest absolute Gasteiger partial charge is 0.225 e. The van der Waals surface area contributed by atoms with E-state index in [1.165, 1.54) is 0 Å². The first-order chi connectivity index (χ1) is 11.4. The molecule has 5 heteroatoms. The van der Waals surface area contributed by atoms with Crippen molar-refractivity contribution in [3.63, 3.8) is 0 Å². The molecule has 1 aromatic carbocycles. The first-order valence-corrected chi connectivity index (χ1v) is 8.69. The SMILES string of the molecule is COc1cccc(NC(=O)CCN(C)[C@@H]2[C@H]3CCO[C@H]3C2(C)C)c1. The number of rotatable bonds is 6. The molecule has 1 aliphatic carbocycles. The molecule has 5 nitrogen and oxygen atoms in total. The predicted octanol–water partition coefficient (Wildman–Crippen LogP) is 2.77. The first-order valence-electron chi connectivity index (χ1n) is 8.69. The second-order valence-corrected chi connectivity index (χ2v) is 7.52. The van der Waals surface area contributed by atoms with E-state index in [4.69, 9.17) is 9.47 Å². The molecule has 2 aliphatic rings. The van der Waals surface area contributed by atoms with E-state index in [1.54, 1.807) is 7.11 Å². The third kappa shape index (κ3) is 3.15. The molecule has 0 aromatic heterocycles. The van der Waals surface area contributed by atoms with E-state index in [0.29, 0.717) is 24.5 Å². The summed E-state index contributed by atoms with van der Waals surface area (Å²) in [6.07, 6.45) is 2.01. The van der Waals surface area contributed by atoms with Gasteiger partial charge in [0.25, 0.3) is 0 Å². The predicted molar refractivity (Wildman–Crippen MR) is 94.3 cm³/mol. The van der Waals surface area contributed by atoms with Crippen LogP contribution in [0.5, 0.6) is 5.75 Å². The van der Waals surface area contributed by atoms with E-state index < -0.39 is 0 Å². The van der Waals surface area contributed by atoms with Crippen LogP contribution in [0, 0.1) is 11.3 Å². The maximum Gasteiger partial charge on any atom is 0.225 e. The van der Waals surface area contributed by atoms with Gasteiger partial charge in [-0.1, -0.05) is 19.9 Å². The maximum atomic E-state index is 12.2. The van der Waals surface area contributed by atoms with E-state index in [2.05, 4.69) is 31.1 Å². The normalized spacial score (nSPS) is 27.5. The minimum Gasteiger partial charge on any atom is -0.497 e. The van der Waals surface area contributed by atoms with Gasteiger partial charge in [0.2, 0.25) is 5.91 Å². The summed E-state index contributed by atoms with van der Waals surface area (Å²) in [6, 6.07) is 7.94. The van der Waals surface area contributed by atoms with Crippen molar-refractivity contribution in [2.45, 2.75) is 38.8 Å². The zero-order chi connectivity index (χ0) is 17.3. The number of nitrogens with zero attached hydrogens (tertiary/aromatic N) is 1. The summed E-state index contributed by atoms with van der Waals surface area (Å²) in [7, 11) is 3.75. The summed E-state index contributed by atoms with van der Waals surface area (Å²) in [4.78, 5) is 14.6. The molecule has 0 unspecified atom stereocenters. The number of nitrogens with one attached hydrogen (secondary N) is 1. The van der Waals surface area contributed by atoms with Crippen molar-refractivity contribution < 1.29 is 14.3 Å². The molecule has 1 heterocycles. The molecule has 0 bridgehead atoms. The number of fused-ring (bicyclic) bond motifs is 1. The van der Waals surface area contributed by atoms with E-state index in [9.17, 15) is 4.79 Å². The van der Waals surface area contributed by atoms with Crippen molar-refractivity contribution >= 4 is 11.6 Å². The minimum atomic E-state index is 0.0338. The zero-order valence-electron chi connectivity index (χ0n) is 15.0. The molecular formula is C19H28N2O3. The number of amides is 1. The summed E-state index contributed by atoms with van der Waals surface area (Å²) in [5.74, 6) is 1.39. The fourth-order valence-electron chi connectivity index (χ4n) is 4.53. The molecule has 24 heavy (non-hydrogen) atoms. The van der Waals surface area contributed by atoms with Gasteiger partial charge >= 0.3 is 0 Å². The highest BCUT2D eigenvalue weighted by atomic mass is 16.5. The van der Waals surface area contributed by atoms with Gasteiger partial charge < -0.3 is 19.7 Å². The molecule has 1 amide bonds. The highest BCUT2D eigenvalue weighted by Crippen LogP contribution is 2.54.